The van der Waals surface area contributed by atoms with Crippen molar-refractivity contribution in [2.45, 2.75) is 39.0 Å². The third-order valence-corrected chi connectivity index (χ3v) is 5.60. The number of aromatic nitrogens is 4. The summed E-state index contributed by atoms with van der Waals surface area (Å²) in [6.45, 7) is 7.91. The Morgan fingerprint density at radius 3 is 2.93 bits per heavy atom. The van der Waals surface area contributed by atoms with E-state index in [4.69, 9.17) is 4.99 Å². The van der Waals surface area contributed by atoms with Crippen LogP contribution < -0.4 is 5.32 Å². The third-order valence-electron chi connectivity index (χ3n) is 5.60. The van der Waals surface area contributed by atoms with Gasteiger partial charge < -0.3 is 15.2 Å². The van der Waals surface area contributed by atoms with Crippen LogP contribution in [-0.2, 0) is 6.42 Å². The third kappa shape index (κ3) is 3.88. The molecule has 3 heterocycles. The largest absolute Gasteiger partial charge is 0.361 e. The number of nitrogens with one attached hydrogen (secondary N) is 3. The summed E-state index contributed by atoms with van der Waals surface area (Å²) < 4.78 is 0. The SMILES string of the molecule is CCNC(=NCCc1c[nH]c2c(C)cccc12)N1CCC(c2ncn[nH]2)CC1. The molecule has 1 aliphatic heterocycles. The molecule has 1 aliphatic rings. The fourth-order valence-electron chi connectivity index (χ4n) is 4.06. The quantitative estimate of drug-likeness (QED) is 0.470. The molecule has 3 N–H and O–H groups in total. The highest BCUT2D eigenvalue weighted by atomic mass is 15.3. The number of para-hydroxylation sites is 1. The first kappa shape index (κ1) is 18.5. The molecule has 7 heteroatoms. The number of guanidine groups is 1. The predicted octanol–water partition coefficient (Wildman–Crippen LogP) is 2.98. The van der Waals surface area contributed by atoms with Crippen LogP contribution in [0.5, 0.6) is 0 Å². The number of likely N-dealkylation sites (tertiary alicyclic amines) is 1. The van der Waals surface area contributed by atoms with Gasteiger partial charge in [-0.2, -0.15) is 5.10 Å². The lowest BCUT2D eigenvalue weighted by atomic mass is 9.96. The van der Waals surface area contributed by atoms with Gasteiger partial charge in [0.15, 0.2) is 5.96 Å². The maximum absolute atomic E-state index is 4.91. The van der Waals surface area contributed by atoms with Gasteiger partial charge in [-0.3, -0.25) is 10.1 Å². The van der Waals surface area contributed by atoms with Crippen LogP contribution >= 0.6 is 0 Å². The lowest BCUT2D eigenvalue weighted by Crippen LogP contribution is -2.45. The van der Waals surface area contributed by atoms with Crippen LogP contribution in [0.3, 0.4) is 0 Å². The number of piperidine rings is 1. The fraction of sp³-hybridized carbons (Fsp3) is 0.476. The summed E-state index contributed by atoms with van der Waals surface area (Å²) in [5.74, 6) is 2.50. The van der Waals surface area contributed by atoms with Crippen molar-refractivity contribution in [2.75, 3.05) is 26.2 Å². The Hall–Kier alpha value is -2.83. The molecule has 0 spiro atoms. The number of fused-ring (bicyclic) bond motifs is 1. The second kappa shape index (κ2) is 8.46. The van der Waals surface area contributed by atoms with Crippen molar-refractivity contribution < 1.29 is 0 Å². The summed E-state index contributed by atoms with van der Waals surface area (Å²) in [6.07, 6.45) is 6.80. The van der Waals surface area contributed by atoms with Crippen LogP contribution in [0.4, 0.5) is 0 Å². The Labute approximate surface area is 165 Å². The van der Waals surface area contributed by atoms with E-state index < -0.39 is 0 Å². The van der Waals surface area contributed by atoms with Gasteiger partial charge in [0.25, 0.3) is 0 Å². The molecule has 28 heavy (non-hydrogen) atoms. The van der Waals surface area contributed by atoms with Crippen molar-refractivity contribution in [3.8, 4) is 0 Å². The Morgan fingerprint density at radius 2 is 2.18 bits per heavy atom. The molecule has 7 nitrogen and oxygen atoms in total. The van der Waals surface area contributed by atoms with Crippen LogP contribution in [0.2, 0.25) is 0 Å². The zero-order valence-electron chi connectivity index (χ0n) is 16.7. The second-order valence-electron chi connectivity index (χ2n) is 7.43. The Bertz CT molecular complexity index is 918. The first-order chi connectivity index (χ1) is 13.8. The van der Waals surface area contributed by atoms with Gasteiger partial charge in [-0.25, -0.2) is 4.98 Å². The Morgan fingerprint density at radius 1 is 1.32 bits per heavy atom. The van der Waals surface area contributed by atoms with E-state index >= 15 is 0 Å². The highest BCUT2D eigenvalue weighted by molar-refractivity contribution is 5.86. The minimum absolute atomic E-state index is 0.469. The highest BCUT2D eigenvalue weighted by Gasteiger charge is 2.24. The molecule has 2 aromatic heterocycles. The smallest absolute Gasteiger partial charge is 0.193 e. The second-order valence-corrected chi connectivity index (χ2v) is 7.43. The minimum Gasteiger partial charge on any atom is -0.361 e. The van der Waals surface area contributed by atoms with Gasteiger partial charge in [-0.05, 0) is 44.2 Å². The van der Waals surface area contributed by atoms with Gasteiger partial charge in [-0.15, -0.1) is 0 Å². The molecular weight excluding hydrogens is 350 g/mol. The molecule has 1 fully saturated rings. The minimum atomic E-state index is 0.469. The van der Waals surface area contributed by atoms with Crippen LogP contribution in [0.1, 0.15) is 42.6 Å². The molecule has 0 atom stereocenters. The van der Waals surface area contributed by atoms with E-state index in [1.165, 1.54) is 22.0 Å². The number of aromatic amines is 2. The van der Waals surface area contributed by atoms with Gasteiger partial charge in [0.2, 0.25) is 0 Å². The highest BCUT2D eigenvalue weighted by Crippen LogP contribution is 2.25. The zero-order valence-corrected chi connectivity index (χ0v) is 16.7. The molecule has 1 aromatic carbocycles. The molecule has 3 aromatic rings. The molecule has 0 unspecified atom stereocenters. The number of H-pyrrole nitrogens is 2. The summed E-state index contributed by atoms with van der Waals surface area (Å²) in [5, 5.41) is 11.8. The average Bonchev–Trinajstić information content (AvgIpc) is 3.39. The van der Waals surface area contributed by atoms with Crippen molar-refractivity contribution in [1.82, 2.24) is 30.4 Å². The lowest BCUT2D eigenvalue weighted by molar-refractivity contribution is 0.299. The number of nitrogens with zero attached hydrogens (tertiary/aromatic N) is 4. The summed E-state index contributed by atoms with van der Waals surface area (Å²) in [7, 11) is 0. The monoisotopic (exact) mass is 379 g/mol. The van der Waals surface area contributed by atoms with E-state index in [1.54, 1.807) is 6.33 Å². The molecule has 4 rings (SSSR count). The van der Waals surface area contributed by atoms with Crippen molar-refractivity contribution in [3.63, 3.8) is 0 Å². The van der Waals surface area contributed by atoms with Crippen LogP contribution in [0.15, 0.2) is 35.7 Å². The maximum Gasteiger partial charge on any atom is 0.193 e. The molecular formula is C21H29N7. The fourth-order valence-corrected chi connectivity index (χ4v) is 4.06. The van der Waals surface area contributed by atoms with E-state index in [9.17, 15) is 0 Å². The number of benzene rings is 1. The van der Waals surface area contributed by atoms with E-state index in [2.05, 4.69) is 68.6 Å². The molecule has 0 bridgehead atoms. The van der Waals surface area contributed by atoms with Gasteiger partial charge in [0, 0.05) is 49.2 Å². The summed E-state index contributed by atoms with van der Waals surface area (Å²) in [5.41, 5.74) is 3.86. The molecule has 0 aliphatic carbocycles. The molecule has 0 amide bonds. The summed E-state index contributed by atoms with van der Waals surface area (Å²) in [4.78, 5) is 15.0. The number of hydrogen-bond acceptors (Lipinski definition) is 3. The molecule has 0 saturated carbocycles. The zero-order chi connectivity index (χ0) is 19.3. The molecule has 1 saturated heterocycles. The van der Waals surface area contributed by atoms with Crippen LogP contribution in [-0.4, -0.2) is 57.2 Å². The Balaban J connectivity index is 1.39. The van der Waals surface area contributed by atoms with Gasteiger partial charge in [0.05, 0.1) is 0 Å². The van der Waals surface area contributed by atoms with Gasteiger partial charge >= 0.3 is 0 Å². The van der Waals surface area contributed by atoms with Crippen molar-refractivity contribution >= 4 is 16.9 Å². The van der Waals surface area contributed by atoms with Crippen molar-refractivity contribution in [2.24, 2.45) is 4.99 Å². The van der Waals surface area contributed by atoms with E-state index in [0.29, 0.717) is 5.92 Å². The first-order valence-electron chi connectivity index (χ1n) is 10.2. The molecule has 0 radical (unpaired) electrons. The average molecular weight is 380 g/mol. The van der Waals surface area contributed by atoms with E-state index in [0.717, 1.165) is 57.2 Å². The first-order valence-corrected chi connectivity index (χ1v) is 10.2. The van der Waals surface area contributed by atoms with Crippen molar-refractivity contribution in [3.05, 3.63) is 47.7 Å². The van der Waals surface area contributed by atoms with E-state index in [1.807, 2.05) is 0 Å². The summed E-state index contributed by atoms with van der Waals surface area (Å²) >= 11 is 0. The maximum atomic E-state index is 4.91. The number of hydrogen-bond donors (Lipinski definition) is 3. The standard InChI is InChI=1S/C21H29N7/c1-3-22-21(28-11-8-16(9-12-28)20-25-14-26-27-20)23-10-7-17-13-24-19-15(2)5-4-6-18(17)19/h4-6,13-14,16,24H,3,7-12H2,1-2H3,(H,22,23)(H,25,26,27). The van der Waals surface area contributed by atoms with Gasteiger partial charge in [0.1, 0.15) is 12.2 Å². The number of aryl methyl sites for hydroxylation is 1. The molecule has 148 valence electrons. The predicted molar refractivity (Wildman–Crippen MR) is 113 cm³/mol. The lowest BCUT2D eigenvalue weighted by Gasteiger charge is -2.33. The summed E-state index contributed by atoms with van der Waals surface area (Å²) in [6, 6.07) is 6.46. The normalized spacial score (nSPS) is 16.1. The number of rotatable bonds is 5. The Kier molecular flexibility index (Phi) is 5.60. The number of aliphatic imine (C=N–C) groups is 1. The van der Waals surface area contributed by atoms with Crippen molar-refractivity contribution in [1.29, 1.82) is 0 Å². The van der Waals surface area contributed by atoms with Gasteiger partial charge in [-0.1, -0.05) is 18.2 Å². The van der Waals surface area contributed by atoms with Crippen LogP contribution in [0.25, 0.3) is 10.9 Å². The van der Waals surface area contributed by atoms with Crippen LogP contribution in [0, 0.1) is 6.92 Å². The topological polar surface area (TPSA) is 85.0 Å². The van der Waals surface area contributed by atoms with E-state index in [-0.39, 0.29) is 0 Å².